The molecule has 6 nitrogen and oxygen atoms in total. The molecule has 0 radical (unpaired) electrons. The van der Waals surface area contributed by atoms with Gasteiger partial charge < -0.3 is 15.4 Å². The van der Waals surface area contributed by atoms with Crippen molar-refractivity contribution in [1.29, 1.82) is 0 Å². The average Bonchev–Trinajstić information content (AvgIpc) is 2.93. The van der Waals surface area contributed by atoms with E-state index in [0.29, 0.717) is 30.2 Å². The fourth-order valence-corrected chi connectivity index (χ4v) is 1.90. The van der Waals surface area contributed by atoms with Crippen molar-refractivity contribution in [3.05, 3.63) is 41.7 Å². The summed E-state index contributed by atoms with van der Waals surface area (Å²) in [6.07, 6.45) is 3.45. The van der Waals surface area contributed by atoms with Gasteiger partial charge in [-0.05, 0) is 25.1 Å². The smallest absolute Gasteiger partial charge is 0.253 e. The van der Waals surface area contributed by atoms with Crippen molar-refractivity contribution in [3.8, 4) is 5.75 Å². The highest BCUT2D eigenvalue weighted by Crippen LogP contribution is 2.23. The highest BCUT2D eigenvalue weighted by atomic mass is 16.5. The molecule has 106 valence electrons. The quantitative estimate of drug-likeness (QED) is 0.812. The maximum absolute atomic E-state index is 12.3. The molecule has 0 aliphatic heterocycles. The van der Waals surface area contributed by atoms with Gasteiger partial charge in [-0.15, -0.1) is 0 Å². The molecular weight excluding hydrogens is 256 g/mol. The van der Waals surface area contributed by atoms with Crippen LogP contribution in [0.5, 0.6) is 5.75 Å². The van der Waals surface area contributed by atoms with Crippen molar-refractivity contribution in [2.24, 2.45) is 0 Å². The molecule has 2 aromatic rings. The summed E-state index contributed by atoms with van der Waals surface area (Å²) in [6.45, 7) is 2.91. The zero-order valence-electron chi connectivity index (χ0n) is 11.6. The predicted molar refractivity (Wildman–Crippen MR) is 76.4 cm³/mol. The molecule has 1 aromatic heterocycles. The Hall–Kier alpha value is -2.50. The van der Waals surface area contributed by atoms with Crippen LogP contribution in [0.1, 0.15) is 22.8 Å². The van der Waals surface area contributed by atoms with Gasteiger partial charge in [-0.25, -0.2) is 0 Å². The zero-order chi connectivity index (χ0) is 14.5. The van der Waals surface area contributed by atoms with Gasteiger partial charge in [0.2, 0.25) is 0 Å². The van der Waals surface area contributed by atoms with Crippen LogP contribution >= 0.6 is 0 Å². The average molecular weight is 274 g/mol. The molecule has 0 saturated carbocycles. The van der Waals surface area contributed by atoms with Crippen LogP contribution in [-0.4, -0.2) is 34.7 Å². The summed E-state index contributed by atoms with van der Waals surface area (Å²) in [7, 11) is 1.74. The fourth-order valence-electron chi connectivity index (χ4n) is 1.90. The molecule has 6 heteroatoms. The molecule has 2 rings (SSSR count). The monoisotopic (exact) mass is 274 g/mol. The minimum atomic E-state index is -0.0963. The molecular formula is C14H18N4O2. The van der Waals surface area contributed by atoms with Crippen LogP contribution < -0.4 is 10.5 Å². The number of ether oxygens (including phenoxy) is 1. The Labute approximate surface area is 117 Å². The van der Waals surface area contributed by atoms with Crippen LogP contribution in [-0.2, 0) is 6.54 Å². The van der Waals surface area contributed by atoms with E-state index in [-0.39, 0.29) is 5.91 Å². The lowest BCUT2D eigenvalue weighted by Crippen LogP contribution is -2.26. The minimum Gasteiger partial charge on any atom is -0.492 e. The number of nitrogens with two attached hydrogens (primary N) is 1. The molecule has 0 aliphatic carbocycles. The van der Waals surface area contributed by atoms with Crippen LogP contribution in [0.15, 0.2) is 30.6 Å². The molecule has 20 heavy (non-hydrogen) atoms. The second-order valence-electron chi connectivity index (χ2n) is 4.45. The number of amides is 1. The van der Waals surface area contributed by atoms with E-state index >= 15 is 0 Å². The van der Waals surface area contributed by atoms with Crippen molar-refractivity contribution in [2.75, 3.05) is 19.4 Å². The van der Waals surface area contributed by atoms with Gasteiger partial charge in [0, 0.05) is 30.9 Å². The summed E-state index contributed by atoms with van der Waals surface area (Å²) in [5.74, 6) is 0.502. The Morgan fingerprint density at radius 1 is 1.50 bits per heavy atom. The number of benzene rings is 1. The van der Waals surface area contributed by atoms with E-state index in [2.05, 4.69) is 10.2 Å². The second kappa shape index (κ2) is 6.10. The van der Waals surface area contributed by atoms with Gasteiger partial charge in [-0.2, -0.15) is 5.10 Å². The van der Waals surface area contributed by atoms with Gasteiger partial charge in [-0.3, -0.25) is 9.89 Å². The molecule has 0 unspecified atom stereocenters. The van der Waals surface area contributed by atoms with Gasteiger partial charge >= 0.3 is 0 Å². The number of nitrogen functional groups attached to an aromatic ring is 1. The van der Waals surface area contributed by atoms with E-state index in [9.17, 15) is 4.79 Å². The number of rotatable bonds is 5. The first kappa shape index (κ1) is 13.9. The number of aromatic amines is 1. The minimum absolute atomic E-state index is 0.0963. The highest BCUT2D eigenvalue weighted by molar-refractivity contribution is 5.95. The lowest BCUT2D eigenvalue weighted by molar-refractivity contribution is 0.0785. The summed E-state index contributed by atoms with van der Waals surface area (Å²) in [6, 6.07) is 5.08. The topological polar surface area (TPSA) is 84.2 Å². The van der Waals surface area contributed by atoms with E-state index in [1.807, 2.05) is 6.92 Å². The summed E-state index contributed by atoms with van der Waals surface area (Å²) in [5, 5.41) is 6.57. The van der Waals surface area contributed by atoms with Crippen molar-refractivity contribution in [1.82, 2.24) is 15.1 Å². The van der Waals surface area contributed by atoms with Crippen molar-refractivity contribution in [2.45, 2.75) is 13.5 Å². The number of nitrogens with zero attached hydrogens (tertiary/aromatic N) is 2. The molecule has 0 spiro atoms. The molecule has 3 N–H and O–H groups in total. The van der Waals surface area contributed by atoms with Gasteiger partial charge in [0.1, 0.15) is 5.75 Å². The summed E-state index contributed by atoms with van der Waals surface area (Å²) >= 11 is 0. The van der Waals surface area contributed by atoms with Gasteiger partial charge in [0.25, 0.3) is 5.91 Å². The zero-order valence-corrected chi connectivity index (χ0v) is 11.6. The van der Waals surface area contributed by atoms with Crippen molar-refractivity contribution >= 4 is 11.6 Å². The number of H-pyrrole nitrogens is 1. The third-order valence-electron chi connectivity index (χ3n) is 2.88. The Balaban J connectivity index is 2.10. The molecule has 0 fully saturated rings. The Morgan fingerprint density at radius 2 is 2.30 bits per heavy atom. The molecule has 0 bridgehead atoms. The highest BCUT2D eigenvalue weighted by Gasteiger charge is 2.14. The first-order valence-electron chi connectivity index (χ1n) is 6.37. The molecule has 0 aliphatic rings. The van der Waals surface area contributed by atoms with Gasteiger partial charge in [-0.1, -0.05) is 0 Å². The molecule has 1 aromatic carbocycles. The van der Waals surface area contributed by atoms with Crippen LogP contribution in [0.4, 0.5) is 5.69 Å². The predicted octanol–water partition coefficient (Wildman–Crippen LogP) is 1.66. The maximum atomic E-state index is 12.3. The summed E-state index contributed by atoms with van der Waals surface area (Å²) in [5.41, 5.74) is 7.82. The molecule has 0 saturated heterocycles. The van der Waals surface area contributed by atoms with E-state index in [1.54, 1.807) is 42.5 Å². The summed E-state index contributed by atoms with van der Waals surface area (Å²) < 4.78 is 5.35. The van der Waals surface area contributed by atoms with Crippen molar-refractivity contribution in [3.63, 3.8) is 0 Å². The lowest BCUT2D eigenvalue weighted by atomic mass is 10.1. The number of nitrogens with one attached hydrogen (secondary N) is 1. The van der Waals surface area contributed by atoms with E-state index < -0.39 is 0 Å². The van der Waals surface area contributed by atoms with Crippen LogP contribution in [0, 0.1) is 0 Å². The largest absolute Gasteiger partial charge is 0.492 e. The van der Waals surface area contributed by atoms with Crippen LogP contribution in [0.2, 0.25) is 0 Å². The number of anilines is 1. The van der Waals surface area contributed by atoms with Gasteiger partial charge in [0.05, 0.1) is 18.5 Å². The molecule has 0 atom stereocenters. The lowest BCUT2D eigenvalue weighted by Gasteiger charge is -2.17. The van der Waals surface area contributed by atoms with Crippen LogP contribution in [0.3, 0.4) is 0 Å². The maximum Gasteiger partial charge on any atom is 0.253 e. The Bertz CT molecular complexity index is 581. The molecule has 1 heterocycles. The number of hydrogen-bond acceptors (Lipinski definition) is 4. The third-order valence-corrected chi connectivity index (χ3v) is 2.88. The van der Waals surface area contributed by atoms with E-state index in [0.717, 1.165) is 5.56 Å². The first-order chi connectivity index (χ1) is 9.61. The Kier molecular flexibility index (Phi) is 4.24. The second-order valence-corrected chi connectivity index (χ2v) is 4.45. The number of carbonyl (C=O) groups is 1. The standard InChI is InChI=1S/C14H18N4O2/c1-3-20-13-5-4-11(6-12(13)15)14(19)18(2)9-10-7-16-17-8-10/h4-8H,3,9,15H2,1-2H3,(H,16,17). The van der Waals surface area contributed by atoms with Crippen molar-refractivity contribution < 1.29 is 9.53 Å². The van der Waals surface area contributed by atoms with E-state index in [4.69, 9.17) is 10.5 Å². The number of hydrogen-bond donors (Lipinski definition) is 2. The normalized spacial score (nSPS) is 10.3. The summed E-state index contributed by atoms with van der Waals surface area (Å²) in [4.78, 5) is 13.9. The van der Waals surface area contributed by atoms with Gasteiger partial charge in [0.15, 0.2) is 0 Å². The third kappa shape index (κ3) is 3.09. The van der Waals surface area contributed by atoms with Crippen LogP contribution in [0.25, 0.3) is 0 Å². The fraction of sp³-hybridized carbons (Fsp3) is 0.286. The molecule has 1 amide bonds. The number of carbonyl (C=O) groups excluding carboxylic acids is 1. The SMILES string of the molecule is CCOc1ccc(C(=O)N(C)Cc2cn[nH]c2)cc1N. The number of aromatic nitrogens is 2. The Morgan fingerprint density at radius 3 is 2.90 bits per heavy atom. The first-order valence-corrected chi connectivity index (χ1v) is 6.37. The van der Waals surface area contributed by atoms with E-state index in [1.165, 1.54) is 0 Å².